The molecule has 70 valence electrons. The molecule has 0 heterocycles. The highest BCUT2D eigenvalue weighted by Gasteiger charge is 2.16. The summed E-state index contributed by atoms with van der Waals surface area (Å²) >= 11 is 5.78. The Labute approximate surface area is 82.1 Å². The summed E-state index contributed by atoms with van der Waals surface area (Å²) in [4.78, 5) is 0. The van der Waals surface area contributed by atoms with E-state index >= 15 is 0 Å². The van der Waals surface area contributed by atoms with Crippen LogP contribution in [0.25, 0.3) is 0 Å². The summed E-state index contributed by atoms with van der Waals surface area (Å²) < 4.78 is 5.01. The lowest BCUT2D eigenvalue weighted by Crippen LogP contribution is -2.31. The average molecular weight is 200 g/mol. The fourth-order valence-electron chi connectivity index (χ4n) is 1.10. The van der Waals surface area contributed by atoms with Gasteiger partial charge in [-0.05, 0) is 18.6 Å². The molecule has 0 atom stereocenters. The number of methoxy groups -OCH3 is 1. The SMILES string of the molecule is COc1cc(Cl)c(B(O)O)cc1C. The standard InChI is InChI=1S/C8H10BClO3/c1-5-3-6(9(11)12)7(10)4-8(5)13-2/h3-4,11-12H,1-2H3. The van der Waals surface area contributed by atoms with Gasteiger partial charge in [-0.1, -0.05) is 17.7 Å². The van der Waals surface area contributed by atoms with Crippen LogP contribution < -0.4 is 10.2 Å². The van der Waals surface area contributed by atoms with Crippen molar-refractivity contribution in [2.75, 3.05) is 7.11 Å². The van der Waals surface area contributed by atoms with Crippen molar-refractivity contribution in [2.24, 2.45) is 0 Å². The van der Waals surface area contributed by atoms with E-state index in [1.165, 1.54) is 7.11 Å². The molecule has 1 rings (SSSR count). The molecule has 0 aliphatic carbocycles. The lowest BCUT2D eigenvalue weighted by atomic mass is 9.79. The van der Waals surface area contributed by atoms with E-state index in [1.807, 2.05) is 0 Å². The predicted molar refractivity (Wildman–Crippen MR) is 52.6 cm³/mol. The Balaban J connectivity index is 3.20. The molecular weight excluding hydrogens is 190 g/mol. The van der Waals surface area contributed by atoms with E-state index in [4.69, 9.17) is 26.4 Å². The Morgan fingerprint density at radius 1 is 1.38 bits per heavy atom. The number of aryl methyl sites for hydroxylation is 1. The Morgan fingerprint density at radius 3 is 2.46 bits per heavy atom. The fraction of sp³-hybridized carbons (Fsp3) is 0.250. The molecule has 0 saturated heterocycles. The van der Waals surface area contributed by atoms with Gasteiger partial charge in [0.15, 0.2) is 0 Å². The molecule has 0 unspecified atom stereocenters. The van der Waals surface area contributed by atoms with Crippen molar-refractivity contribution in [1.82, 2.24) is 0 Å². The van der Waals surface area contributed by atoms with Gasteiger partial charge in [-0.15, -0.1) is 0 Å². The van der Waals surface area contributed by atoms with Crippen LogP contribution in [0, 0.1) is 6.92 Å². The number of hydrogen-bond acceptors (Lipinski definition) is 3. The van der Waals surface area contributed by atoms with Crippen molar-refractivity contribution in [3.05, 3.63) is 22.7 Å². The van der Waals surface area contributed by atoms with Gasteiger partial charge in [-0.3, -0.25) is 0 Å². The van der Waals surface area contributed by atoms with Gasteiger partial charge in [0.1, 0.15) is 5.75 Å². The lowest BCUT2D eigenvalue weighted by molar-refractivity contribution is 0.411. The number of hydrogen-bond donors (Lipinski definition) is 2. The second-order valence-electron chi connectivity index (χ2n) is 2.72. The van der Waals surface area contributed by atoms with Gasteiger partial charge in [-0.25, -0.2) is 0 Å². The molecule has 1 aromatic carbocycles. The highest BCUT2D eigenvalue weighted by Crippen LogP contribution is 2.20. The second kappa shape index (κ2) is 4.00. The number of ether oxygens (including phenoxy) is 1. The van der Waals surface area contributed by atoms with Crippen molar-refractivity contribution in [1.29, 1.82) is 0 Å². The topological polar surface area (TPSA) is 49.7 Å². The first-order chi connectivity index (χ1) is 6.06. The maximum absolute atomic E-state index is 8.92. The maximum atomic E-state index is 8.92. The average Bonchev–Trinajstić information content (AvgIpc) is 2.07. The molecule has 13 heavy (non-hydrogen) atoms. The van der Waals surface area contributed by atoms with Crippen molar-refractivity contribution in [2.45, 2.75) is 6.92 Å². The van der Waals surface area contributed by atoms with Crippen LogP contribution in [0.5, 0.6) is 5.75 Å². The van der Waals surface area contributed by atoms with Crippen LogP contribution in [0.3, 0.4) is 0 Å². The summed E-state index contributed by atoms with van der Waals surface area (Å²) in [6.07, 6.45) is 0. The zero-order valence-electron chi connectivity index (χ0n) is 7.41. The van der Waals surface area contributed by atoms with E-state index in [0.29, 0.717) is 11.2 Å². The summed E-state index contributed by atoms with van der Waals surface area (Å²) in [5.74, 6) is 0.634. The Kier molecular flexibility index (Phi) is 3.19. The largest absolute Gasteiger partial charge is 0.496 e. The van der Waals surface area contributed by atoms with Crippen LogP contribution in [-0.4, -0.2) is 24.3 Å². The molecular formula is C8H10BClO3. The number of halogens is 1. The van der Waals surface area contributed by atoms with E-state index in [0.717, 1.165) is 5.56 Å². The van der Waals surface area contributed by atoms with Crippen molar-refractivity contribution >= 4 is 24.2 Å². The molecule has 0 aliphatic heterocycles. The van der Waals surface area contributed by atoms with E-state index in [2.05, 4.69) is 0 Å². The van der Waals surface area contributed by atoms with Gasteiger partial charge in [0.25, 0.3) is 0 Å². The Morgan fingerprint density at radius 2 is 2.00 bits per heavy atom. The molecule has 0 spiro atoms. The zero-order chi connectivity index (χ0) is 10.0. The van der Waals surface area contributed by atoms with E-state index in [1.54, 1.807) is 19.1 Å². The van der Waals surface area contributed by atoms with Crippen LogP contribution in [0.15, 0.2) is 12.1 Å². The first-order valence-electron chi connectivity index (χ1n) is 3.76. The maximum Gasteiger partial charge on any atom is 0.489 e. The zero-order valence-corrected chi connectivity index (χ0v) is 8.17. The van der Waals surface area contributed by atoms with E-state index in [-0.39, 0.29) is 5.02 Å². The molecule has 0 fully saturated rings. The summed E-state index contributed by atoms with van der Waals surface area (Å²) in [5.41, 5.74) is 1.11. The highest BCUT2D eigenvalue weighted by atomic mass is 35.5. The van der Waals surface area contributed by atoms with Crippen molar-refractivity contribution in [3.8, 4) is 5.75 Å². The summed E-state index contributed by atoms with van der Waals surface area (Å²) in [6, 6.07) is 3.15. The predicted octanol–water partition coefficient (Wildman–Crippen LogP) is 0.337. The van der Waals surface area contributed by atoms with Crippen LogP contribution in [-0.2, 0) is 0 Å². The third kappa shape index (κ3) is 2.15. The molecule has 0 amide bonds. The van der Waals surface area contributed by atoms with Gasteiger partial charge >= 0.3 is 7.12 Å². The van der Waals surface area contributed by atoms with Gasteiger partial charge in [0.05, 0.1) is 7.11 Å². The smallest absolute Gasteiger partial charge is 0.489 e. The van der Waals surface area contributed by atoms with Gasteiger partial charge in [-0.2, -0.15) is 0 Å². The van der Waals surface area contributed by atoms with Gasteiger partial charge < -0.3 is 14.8 Å². The van der Waals surface area contributed by atoms with Gasteiger partial charge in [0.2, 0.25) is 0 Å². The van der Waals surface area contributed by atoms with Crippen LogP contribution in [0.2, 0.25) is 5.02 Å². The third-order valence-electron chi connectivity index (χ3n) is 1.79. The van der Waals surface area contributed by atoms with Crippen molar-refractivity contribution in [3.63, 3.8) is 0 Å². The minimum Gasteiger partial charge on any atom is -0.496 e. The molecule has 0 radical (unpaired) electrons. The van der Waals surface area contributed by atoms with Crippen molar-refractivity contribution < 1.29 is 14.8 Å². The minimum atomic E-state index is -1.54. The van der Waals surface area contributed by atoms with Crippen LogP contribution in [0.4, 0.5) is 0 Å². The number of rotatable bonds is 2. The summed E-state index contributed by atoms with van der Waals surface area (Å²) in [7, 11) is -0.00892. The lowest BCUT2D eigenvalue weighted by Gasteiger charge is -2.08. The third-order valence-corrected chi connectivity index (χ3v) is 2.12. The van der Waals surface area contributed by atoms with Crippen LogP contribution >= 0.6 is 11.6 Å². The molecule has 3 nitrogen and oxygen atoms in total. The minimum absolute atomic E-state index is 0.289. The molecule has 0 saturated carbocycles. The van der Waals surface area contributed by atoms with E-state index in [9.17, 15) is 0 Å². The molecule has 0 aromatic heterocycles. The normalized spacial score (nSPS) is 9.92. The van der Waals surface area contributed by atoms with Gasteiger partial charge in [0, 0.05) is 10.5 Å². The monoisotopic (exact) mass is 200 g/mol. The summed E-state index contributed by atoms with van der Waals surface area (Å²) in [5, 5.41) is 18.1. The Bertz CT molecular complexity index is 315. The quantitative estimate of drug-likeness (QED) is 0.677. The number of benzene rings is 1. The molecule has 1 aromatic rings. The Hall–Kier alpha value is -0.705. The van der Waals surface area contributed by atoms with E-state index < -0.39 is 7.12 Å². The first-order valence-corrected chi connectivity index (χ1v) is 4.14. The summed E-state index contributed by atoms with van der Waals surface area (Å²) in [6.45, 7) is 1.81. The second-order valence-corrected chi connectivity index (χ2v) is 3.12. The molecule has 5 heteroatoms. The molecule has 0 aliphatic rings. The molecule has 0 bridgehead atoms. The highest BCUT2D eigenvalue weighted by molar-refractivity contribution is 6.62. The van der Waals surface area contributed by atoms with Crippen LogP contribution in [0.1, 0.15) is 5.56 Å². The first kappa shape index (κ1) is 10.4. The molecule has 2 N–H and O–H groups in total. The fourth-order valence-corrected chi connectivity index (χ4v) is 1.35.